The van der Waals surface area contributed by atoms with E-state index in [4.69, 9.17) is 4.74 Å². The van der Waals surface area contributed by atoms with Crippen molar-refractivity contribution in [1.29, 1.82) is 0 Å². The third-order valence-electron chi connectivity index (χ3n) is 2.20. The highest BCUT2D eigenvalue weighted by atomic mass is 127. The number of nitrogens with one attached hydrogen (secondary N) is 2. The molecule has 6 heteroatoms. The predicted octanol–water partition coefficient (Wildman–Crippen LogP) is 1.15. The molecule has 5 nitrogen and oxygen atoms in total. The first-order chi connectivity index (χ1) is 8.20. The van der Waals surface area contributed by atoms with Crippen molar-refractivity contribution in [1.82, 2.24) is 15.5 Å². The zero-order valence-electron chi connectivity index (χ0n) is 12.2. The number of hydrogen-bond donors (Lipinski definition) is 2. The predicted molar refractivity (Wildman–Crippen MR) is 89.1 cm³/mol. The van der Waals surface area contributed by atoms with E-state index in [0.29, 0.717) is 0 Å². The van der Waals surface area contributed by atoms with Gasteiger partial charge in [0.25, 0.3) is 0 Å². The molecule has 0 spiro atoms. The number of halogens is 1. The van der Waals surface area contributed by atoms with Crippen molar-refractivity contribution in [2.24, 2.45) is 4.99 Å². The van der Waals surface area contributed by atoms with Crippen LogP contribution in [0.4, 0.5) is 0 Å². The van der Waals surface area contributed by atoms with Gasteiger partial charge in [0, 0.05) is 33.4 Å². The highest BCUT2D eigenvalue weighted by Gasteiger charge is 1.96. The Balaban J connectivity index is 0. The quantitative estimate of drug-likeness (QED) is 0.276. The van der Waals surface area contributed by atoms with Crippen molar-refractivity contribution < 1.29 is 4.74 Å². The van der Waals surface area contributed by atoms with Crippen LogP contribution in [-0.2, 0) is 4.74 Å². The number of hydrogen-bond acceptors (Lipinski definition) is 3. The average Bonchev–Trinajstić information content (AvgIpc) is 2.29. The molecule has 0 rings (SSSR count). The number of aliphatic imine (C=N–C) groups is 1. The molecule has 0 radical (unpaired) electrons. The highest BCUT2D eigenvalue weighted by molar-refractivity contribution is 14.0. The Bertz CT molecular complexity index is 201. The molecule has 0 aliphatic carbocycles. The third-order valence-corrected chi connectivity index (χ3v) is 2.20. The van der Waals surface area contributed by atoms with E-state index in [1.165, 1.54) is 0 Å². The summed E-state index contributed by atoms with van der Waals surface area (Å²) in [5.74, 6) is 0.905. The summed E-state index contributed by atoms with van der Waals surface area (Å²) in [5, 5.41) is 6.56. The molecule has 0 saturated carbocycles. The van der Waals surface area contributed by atoms with Crippen LogP contribution in [0.25, 0.3) is 0 Å². The smallest absolute Gasteiger partial charge is 0.191 e. The summed E-state index contributed by atoms with van der Waals surface area (Å²) >= 11 is 0. The molecule has 0 bridgehead atoms. The normalized spacial score (nSPS) is 11.3. The fraction of sp³-hybridized carbons (Fsp3) is 0.917. The molecule has 0 saturated heterocycles. The number of ether oxygens (including phenoxy) is 1. The molecule has 0 fully saturated rings. The van der Waals surface area contributed by atoms with E-state index in [0.717, 1.165) is 51.6 Å². The molecule has 0 aromatic carbocycles. The summed E-state index contributed by atoms with van der Waals surface area (Å²) in [6.45, 7) is 6.58. The highest BCUT2D eigenvalue weighted by Crippen LogP contribution is 1.84. The lowest BCUT2D eigenvalue weighted by Crippen LogP contribution is -2.38. The second-order valence-electron chi connectivity index (χ2n) is 4.19. The maximum absolute atomic E-state index is 4.99. The lowest BCUT2D eigenvalue weighted by molar-refractivity contribution is 0.197. The molecule has 0 atom stereocenters. The number of rotatable bonds is 9. The molecule has 2 N–H and O–H groups in total. The SMILES string of the molecule is CCNC(=NCCCOC)NCCCN(C)C.I. The summed E-state index contributed by atoms with van der Waals surface area (Å²) in [4.78, 5) is 6.65. The van der Waals surface area contributed by atoms with Crippen LogP contribution >= 0.6 is 24.0 Å². The van der Waals surface area contributed by atoms with Gasteiger partial charge in [-0.1, -0.05) is 0 Å². The molecular formula is C12H29IN4O. The van der Waals surface area contributed by atoms with Gasteiger partial charge in [-0.2, -0.15) is 0 Å². The van der Waals surface area contributed by atoms with Crippen LogP contribution in [0, 0.1) is 0 Å². The molecule has 0 aliphatic heterocycles. The van der Waals surface area contributed by atoms with Crippen molar-refractivity contribution in [3.05, 3.63) is 0 Å². The molecule has 110 valence electrons. The zero-order valence-corrected chi connectivity index (χ0v) is 14.5. The monoisotopic (exact) mass is 372 g/mol. The summed E-state index contributed by atoms with van der Waals surface area (Å²) in [5.41, 5.74) is 0. The van der Waals surface area contributed by atoms with Gasteiger partial charge in [-0.15, -0.1) is 24.0 Å². The average molecular weight is 372 g/mol. The van der Waals surface area contributed by atoms with Crippen LogP contribution < -0.4 is 10.6 Å². The minimum atomic E-state index is 0. The lowest BCUT2D eigenvalue weighted by atomic mass is 10.4. The van der Waals surface area contributed by atoms with Crippen LogP contribution in [0.3, 0.4) is 0 Å². The maximum atomic E-state index is 4.99. The second kappa shape index (κ2) is 15.0. The third kappa shape index (κ3) is 14.0. The van der Waals surface area contributed by atoms with E-state index >= 15 is 0 Å². The Morgan fingerprint density at radius 3 is 2.50 bits per heavy atom. The van der Waals surface area contributed by atoms with E-state index in [9.17, 15) is 0 Å². The first-order valence-electron chi connectivity index (χ1n) is 6.36. The van der Waals surface area contributed by atoms with Gasteiger partial charge >= 0.3 is 0 Å². The lowest BCUT2D eigenvalue weighted by Gasteiger charge is -2.13. The standard InChI is InChI=1S/C12H28N4O.HI/c1-5-13-12(15-9-7-11-17-4)14-8-6-10-16(2)3;/h5-11H2,1-4H3,(H2,13,14,15);1H. The van der Waals surface area contributed by atoms with Crippen molar-refractivity contribution in [3.63, 3.8) is 0 Å². The molecule has 0 unspecified atom stereocenters. The topological polar surface area (TPSA) is 48.9 Å². The Labute approximate surface area is 129 Å². The fourth-order valence-corrected chi connectivity index (χ4v) is 1.34. The van der Waals surface area contributed by atoms with Crippen molar-refractivity contribution in [2.75, 3.05) is 54.0 Å². The molecule has 0 heterocycles. The van der Waals surface area contributed by atoms with Crippen molar-refractivity contribution >= 4 is 29.9 Å². The van der Waals surface area contributed by atoms with Gasteiger partial charge in [-0.3, -0.25) is 4.99 Å². The molecule has 0 aromatic heterocycles. The Morgan fingerprint density at radius 1 is 1.22 bits per heavy atom. The summed E-state index contributed by atoms with van der Waals surface area (Å²) in [6.07, 6.45) is 2.08. The van der Waals surface area contributed by atoms with E-state index in [1.54, 1.807) is 7.11 Å². The van der Waals surface area contributed by atoms with Gasteiger partial charge < -0.3 is 20.3 Å². The number of methoxy groups -OCH3 is 1. The summed E-state index contributed by atoms with van der Waals surface area (Å²) in [7, 11) is 5.89. The first kappa shape index (κ1) is 20.2. The number of nitrogens with zero attached hydrogens (tertiary/aromatic N) is 2. The van der Waals surface area contributed by atoms with E-state index < -0.39 is 0 Å². The van der Waals surface area contributed by atoms with Crippen molar-refractivity contribution in [2.45, 2.75) is 19.8 Å². The largest absolute Gasteiger partial charge is 0.385 e. The fourth-order valence-electron chi connectivity index (χ4n) is 1.34. The van der Waals surface area contributed by atoms with Crippen LogP contribution in [-0.4, -0.2) is 64.9 Å². The minimum Gasteiger partial charge on any atom is -0.385 e. The van der Waals surface area contributed by atoms with Gasteiger partial charge in [0.15, 0.2) is 5.96 Å². The van der Waals surface area contributed by atoms with Gasteiger partial charge in [0.2, 0.25) is 0 Å². The molecular weight excluding hydrogens is 343 g/mol. The Hall–Kier alpha value is -0.0800. The van der Waals surface area contributed by atoms with E-state index in [1.807, 2.05) is 0 Å². The van der Waals surface area contributed by atoms with Crippen LogP contribution in [0.15, 0.2) is 4.99 Å². The van der Waals surface area contributed by atoms with Crippen LogP contribution in [0.2, 0.25) is 0 Å². The minimum absolute atomic E-state index is 0. The second-order valence-corrected chi connectivity index (χ2v) is 4.19. The number of guanidine groups is 1. The van der Waals surface area contributed by atoms with Gasteiger partial charge in [-0.05, 0) is 40.4 Å². The van der Waals surface area contributed by atoms with Crippen LogP contribution in [0.1, 0.15) is 19.8 Å². The van der Waals surface area contributed by atoms with Crippen molar-refractivity contribution in [3.8, 4) is 0 Å². The van der Waals surface area contributed by atoms with Gasteiger partial charge in [0.1, 0.15) is 0 Å². The van der Waals surface area contributed by atoms with Gasteiger partial charge in [0.05, 0.1) is 0 Å². The molecule has 0 amide bonds. The molecule has 18 heavy (non-hydrogen) atoms. The van der Waals surface area contributed by atoms with Crippen LogP contribution in [0.5, 0.6) is 0 Å². The molecule has 0 aromatic rings. The van der Waals surface area contributed by atoms with E-state index in [2.05, 4.69) is 41.5 Å². The van der Waals surface area contributed by atoms with E-state index in [-0.39, 0.29) is 24.0 Å². The maximum Gasteiger partial charge on any atom is 0.191 e. The summed E-state index contributed by atoms with van der Waals surface area (Å²) in [6, 6.07) is 0. The zero-order chi connectivity index (χ0) is 12.9. The summed E-state index contributed by atoms with van der Waals surface area (Å²) < 4.78 is 4.99. The Kier molecular flexibility index (Phi) is 16.8. The first-order valence-corrected chi connectivity index (χ1v) is 6.36. The van der Waals surface area contributed by atoms with Gasteiger partial charge in [-0.25, -0.2) is 0 Å². The molecule has 0 aliphatic rings. The Morgan fingerprint density at radius 2 is 1.94 bits per heavy atom.